The molecule has 32 heavy (non-hydrogen) atoms. The van der Waals surface area contributed by atoms with Crippen LogP contribution in [-0.2, 0) is 24.5 Å². The number of benzene rings is 2. The number of nitrogens with one attached hydrogen (secondary N) is 1. The average molecular weight is 497 g/mol. The fraction of sp³-hybridized carbons (Fsp3) is 0.208. The Kier molecular flexibility index (Phi) is 5.42. The second-order valence-corrected chi connectivity index (χ2v) is 8.74. The molecule has 0 aliphatic carbocycles. The number of carbonyl (C=O) groups is 3. The highest BCUT2D eigenvalue weighted by Gasteiger charge is 2.62. The first-order chi connectivity index (χ1) is 15.2. The van der Waals surface area contributed by atoms with Crippen molar-refractivity contribution in [3.63, 3.8) is 0 Å². The average Bonchev–Trinajstić information content (AvgIpc) is 2.98. The van der Waals surface area contributed by atoms with Crippen molar-refractivity contribution in [2.45, 2.75) is 32.3 Å². The number of anilines is 1. The van der Waals surface area contributed by atoms with E-state index in [0.717, 1.165) is 0 Å². The number of Topliss-reactive ketones (excluding diaryl/α,β-unsaturated/α-hetero) is 1. The van der Waals surface area contributed by atoms with Gasteiger partial charge in [-0.15, -0.1) is 0 Å². The zero-order valence-electron chi connectivity index (χ0n) is 17.7. The minimum atomic E-state index is -1.88. The smallest absolute Gasteiger partial charge is 0.339 e. The van der Waals surface area contributed by atoms with E-state index in [1.54, 1.807) is 62.4 Å². The summed E-state index contributed by atoms with van der Waals surface area (Å²) in [6.07, 6.45) is -0.473. The first kappa shape index (κ1) is 21.8. The van der Waals surface area contributed by atoms with Crippen molar-refractivity contribution in [2.75, 3.05) is 5.32 Å². The van der Waals surface area contributed by atoms with E-state index in [0.29, 0.717) is 21.3 Å². The van der Waals surface area contributed by atoms with Gasteiger partial charge in [0, 0.05) is 21.3 Å². The summed E-state index contributed by atoms with van der Waals surface area (Å²) in [5, 5.41) is 2.97. The van der Waals surface area contributed by atoms with Gasteiger partial charge >= 0.3 is 11.9 Å². The van der Waals surface area contributed by atoms with Crippen molar-refractivity contribution in [3.05, 3.63) is 86.9 Å². The van der Waals surface area contributed by atoms with Crippen LogP contribution in [0.1, 0.15) is 36.7 Å². The van der Waals surface area contributed by atoms with Gasteiger partial charge in [-0.05, 0) is 39.0 Å². The molecule has 1 unspecified atom stereocenters. The highest BCUT2D eigenvalue weighted by Crippen LogP contribution is 2.53. The van der Waals surface area contributed by atoms with E-state index in [4.69, 9.17) is 15.2 Å². The lowest BCUT2D eigenvalue weighted by atomic mass is 9.65. The molecular formula is C24H21BrN2O5. The van der Waals surface area contributed by atoms with Crippen molar-refractivity contribution < 1.29 is 23.9 Å². The van der Waals surface area contributed by atoms with Gasteiger partial charge in [-0.25, -0.2) is 9.59 Å². The maximum atomic E-state index is 13.7. The molecule has 1 spiro atoms. The molecule has 0 fully saturated rings. The Morgan fingerprint density at radius 2 is 1.81 bits per heavy atom. The lowest BCUT2D eigenvalue weighted by Gasteiger charge is -2.36. The van der Waals surface area contributed by atoms with Gasteiger partial charge in [0.15, 0.2) is 11.2 Å². The Morgan fingerprint density at radius 1 is 1.12 bits per heavy atom. The predicted octanol–water partition coefficient (Wildman–Crippen LogP) is 3.95. The second kappa shape index (κ2) is 7.94. The fourth-order valence-electron chi connectivity index (χ4n) is 4.18. The Bertz CT molecular complexity index is 1220. The third kappa shape index (κ3) is 3.22. The lowest BCUT2D eigenvalue weighted by molar-refractivity contribution is -0.148. The van der Waals surface area contributed by atoms with Crippen LogP contribution in [0.15, 0.2) is 75.7 Å². The SMILES string of the molecule is CC1=C(C(=O)c2ccccc2)C2(C(=O)O1)C(C(=O)OC(C)C)=C(N)Nc1ccc(Br)cc12. The first-order valence-electron chi connectivity index (χ1n) is 9.99. The number of halogens is 1. The zero-order valence-corrected chi connectivity index (χ0v) is 19.3. The van der Waals surface area contributed by atoms with Gasteiger partial charge in [-0.2, -0.15) is 0 Å². The molecule has 0 saturated heterocycles. The Labute approximate surface area is 193 Å². The predicted molar refractivity (Wildman–Crippen MR) is 121 cm³/mol. The molecule has 0 radical (unpaired) electrons. The van der Waals surface area contributed by atoms with Crippen molar-refractivity contribution in [1.82, 2.24) is 0 Å². The molecule has 164 valence electrons. The molecule has 8 heteroatoms. The van der Waals surface area contributed by atoms with Crippen LogP contribution in [-0.4, -0.2) is 23.8 Å². The van der Waals surface area contributed by atoms with Gasteiger partial charge in [-0.1, -0.05) is 46.3 Å². The molecule has 1 atom stereocenters. The monoisotopic (exact) mass is 496 g/mol. The van der Waals surface area contributed by atoms with Crippen LogP contribution < -0.4 is 11.1 Å². The molecule has 2 heterocycles. The molecule has 2 aliphatic heterocycles. The molecular weight excluding hydrogens is 476 g/mol. The number of nitrogens with two attached hydrogens (primary N) is 1. The summed E-state index contributed by atoms with van der Waals surface area (Å²) >= 11 is 3.43. The Morgan fingerprint density at radius 3 is 2.47 bits per heavy atom. The number of rotatable bonds is 4. The number of esters is 2. The van der Waals surface area contributed by atoms with Crippen LogP contribution in [0.3, 0.4) is 0 Å². The van der Waals surface area contributed by atoms with E-state index in [2.05, 4.69) is 21.2 Å². The summed E-state index contributed by atoms with van der Waals surface area (Å²) in [4.78, 5) is 40.6. The maximum Gasteiger partial charge on any atom is 0.339 e. The van der Waals surface area contributed by atoms with Gasteiger partial charge in [0.1, 0.15) is 17.2 Å². The molecule has 2 aromatic carbocycles. The molecule has 0 saturated carbocycles. The van der Waals surface area contributed by atoms with E-state index >= 15 is 0 Å². The molecule has 0 bridgehead atoms. The van der Waals surface area contributed by atoms with Crippen LogP contribution in [0.2, 0.25) is 0 Å². The fourth-order valence-corrected chi connectivity index (χ4v) is 4.55. The zero-order chi connectivity index (χ0) is 23.2. The lowest BCUT2D eigenvalue weighted by Crippen LogP contribution is -2.48. The molecule has 0 aromatic heterocycles. The van der Waals surface area contributed by atoms with Crippen molar-refractivity contribution in [1.29, 1.82) is 0 Å². The summed E-state index contributed by atoms with van der Waals surface area (Å²) in [5.41, 5.74) is 5.48. The molecule has 3 N–H and O–H groups in total. The highest BCUT2D eigenvalue weighted by atomic mass is 79.9. The number of fused-ring (bicyclic) bond motifs is 2. The van der Waals surface area contributed by atoms with Crippen molar-refractivity contribution in [3.8, 4) is 0 Å². The standard InChI is InChI=1S/C24H21BrN2O5/c1-12(2)31-22(29)19-21(26)27-17-10-9-15(25)11-16(17)24(19)18(13(3)32-23(24)30)20(28)14-7-5-4-6-8-14/h4-12,27H,26H2,1-3H3. The van der Waals surface area contributed by atoms with Gasteiger partial charge < -0.3 is 20.5 Å². The Hall–Kier alpha value is -3.39. The molecule has 2 aromatic rings. The number of allylic oxidation sites excluding steroid dienone is 1. The normalized spacial score (nSPS) is 19.7. The number of cyclic esters (lactones) is 1. The summed E-state index contributed by atoms with van der Waals surface area (Å²) in [6.45, 7) is 4.91. The van der Waals surface area contributed by atoms with E-state index in [9.17, 15) is 14.4 Å². The van der Waals surface area contributed by atoms with Crippen molar-refractivity contribution >= 4 is 39.3 Å². The quantitative estimate of drug-likeness (QED) is 0.487. The van der Waals surface area contributed by atoms with Crippen LogP contribution >= 0.6 is 15.9 Å². The van der Waals surface area contributed by atoms with E-state index in [1.165, 1.54) is 6.92 Å². The number of ether oxygens (including phenoxy) is 2. The summed E-state index contributed by atoms with van der Waals surface area (Å²) in [5.74, 6) is -1.99. The second-order valence-electron chi connectivity index (χ2n) is 7.82. The van der Waals surface area contributed by atoms with Crippen LogP contribution in [0, 0.1) is 0 Å². The van der Waals surface area contributed by atoms with E-state index in [1.807, 2.05) is 0 Å². The number of carbonyl (C=O) groups excluding carboxylic acids is 3. The van der Waals surface area contributed by atoms with Gasteiger partial charge in [-0.3, -0.25) is 4.79 Å². The summed E-state index contributed by atoms with van der Waals surface area (Å²) in [6, 6.07) is 13.7. The van der Waals surface area contributed by atoms with Crippen LogP contribution in [0.25, 0.3) is 0 Å². The van der Waals surface area contributed by atoms with Gasteiger partial charge in [0.25, 0.3) is 0 Å². The molecule has 7 nitrogen and oxygen atoms in total. The van der Waals surface area contributed by atoms with Crippen LogP contribution in [0.5, 0.6) is 0 Å². The van der Waals surface area contributed by atoms with Gasteiger partial charge in [0.2, 0.25) is 0 Å². The number of hydrogen-bond acceptors (Lipinski definition) is 7. The molecule has 2 aliphatic rings. The highest BCUT2D eigenvalue weighted by molar-refractivity contribution is 9.10. The third-order valence-electron chi connectivity index (χ3n) is 5.39. The Balaban J connectivity index is 2.06. The summed E-state index contributed by atoms with van der Waals surface area (Å²) in [7, 11) is 0. The molecule has 4 rings (SSSR count). The third-order valence-corrected chi connectivity index (χ3v) is 5.88. The van der Waals surface area contributed by atoms with Crippen LogP contribution in [0.4, 0.5) is 5.69 Å². The van der Waals surface area contributed by atoms with Gasteiger partial charge in [0.05, 0.1) is 11.7 Å². The van der Waals surface area contributed by atoms with E-state index in [-0.39, 0.29) is 22.7 Å². The first-order valence-corrected chi connectivity index (χ1v) is 10.8. The largest absolute Gasteiger partial charge is 0.459 e. The van der Waals surface area contributed by atoms with Crippen molar-refractivity contribution in [2.24, 2.45) is 5.73 Å². The summed E-state index contributed by atoms with van der Waals surface area (Å²) < 4.78 is 11.6. The van der Waals surface area contributed by atoms with E-state index < -0.39 is 29.2 Å². The minimum absolute atomic E-state index is 0.0354. The molecule has 0 amide bonds. The minimum Gasteiger partial charge on any atom is -0.459 e. The topological polar surface area (TPSA) is 108 Å². The number of hydrogen-bond donors (Lipinski definition) is 2. The number of ketones is 1. The maximum absolute atomic E-state index is 13.7.